The largest absolute Gasteiger partial charge is 0.469 e. The molecule has 0 amide bonds. The van der Waals surface area contributed by atoms with Crippen molar-refractivity contribution in [3.63, 3.8) is 0 Å². The van der Waals surface area contributed by atoms with Crippen molar-refractivity contribution < 1.29 is 9.53 Å². The van der Waals surface area contributed by atoms with Gasteiger partial charge in [0.1, 0.15) is 0 Å². The van der Waals surface area contributed by atoms with Gasteiger partial charge in [-0.05, 0) is 24.2 Å². The number of ether oxygens (including phenoxy) is 1. The van der Waals surface area contributed by atoms with Gasteiger partial charge in [-0.1, -0.05) is 26.0 Å². The Morgan fingerprint density at radius 2 is 2.38 bits per heavy atom. The van der Waals surface area contributed by atoms with Crippen molar-refractivity contribution in [3.8, 4) is 0 Å². The first-order valence-corrected chi connectivity index (χ1v) is 4.74. The summed E-state index contributed by atoms with van der Waals surface area (Å²) in [6, 6.07) is 0. The summed E-state index contributed by atoms with van der Waals surface area (Å²) in [5.74, 6) is 0.329. The van der Waals surface area contributed by atoms with Crippen LogP contribution in [-0.2, 0) is 9.53 Å². The lowest BCUT2D eigenvalue weighted by Crippen LogP contribution is -2.24. The summed E-state index contributed by atoms with van der Waals surface area (Å²) >= 11 is 0. The molecule has 0 aromatic rings. The van der Waals surface area contributed by atoms with Gasteiger partial charge in [-0.2, -0.15) is 0 Å². The van der Waals surface area contributed by atoms with Gasteiger partial charge in [0.2, 0.25) is 0 Å². The van der Waals surface area contributed by atoms with Gasteiger partial charge in [-0.3, -0.25) is 4.79 Å². The third-order valence-corrected chi connectivity index (χ3v) is 3.45. The van der Waals surface area contributed by atoms with E-state index in [-0.39, 0.29) is 11.4 Å². The van der Waals surface area contributed by atoms with E-state index in [0.717, 1.165) is 12.8 Å². The van der Waals surface area contributed by atoms with Crippen molar-refractivity contribution in [1.82, 2.24) is 0 Å². The number of rotatable bonds is 2. The molecule has 1 aliphatic carbocycles. The summed E-state index contributed by atoms with van der Waals surface area (Å²) in [7, 11) is 1.44. The number of carbonyl (C=O) groups excluding carboxylic acids is 1. The van der Waals surface area contributed by atoms with Crippen molar-refractivity contribution in [2.45, 2.75) is 33.1 Å². The number of hydrogen-bond acceptors (Lipinski definition) is 2. The molecule has 0 aromatic carbocycles. The standard InChI is InChI=1S/C11H18O2/c1-8-5-6-11(3,9(8)2)7-10(12)13-4/h9H,1,5-7H2,2-4H3. The summed E-state index contributed by atoms with van der Waals surface area (Å²) in [5, 5.41) is 0. The van der Waals surface area contributed by atoms with E-state index in [4.69, 9.17) is 4.74 Å². The van der Waals surface area contributed by atoms with Gasteiger partial charge in [-0.25, -0.2) is 0 Å². The van der Waals surface area contributed by atoms with E-state index in [2.05, 4.69) is 20.4 Å². The molecule has 1 rings (SSSR count). The summed E-state index contributed by atoms with van der Waals surface area (Å²) in [6.07, 6.45) is 2.63. The highest BCUT2D eigenvalue weighted by Crippen LogP contribution is 2.47. The van der Waals surface area contributed by atoms with Crippen LogP contribution in [0.1, 0.15) is 33.1 Å². The molecule has 0 bridgehead atoms. The minimum absolute atomic E-state index is 0.0736. The number of methoxy groups -OCH3 is 1. The van der Waals surface area contributed by atoms with Crippen LogP contribution in [0, 0.1) is 11.3 Å². The summed E-state index contributed by atoms with van der Waals surface area (Å²) < 4.78 is 4.69. The lowest BCUT2D eigenvalue weighted by atomic mass is 9.77. The van der Waals surface area contributed by atoms with Crippen molar-refractivity contribution >= 4 is 5.97 Å². The van der Waals surface area contributed by atoms with E-state index in [1.54, 1.807) is 0 Å². The predicted octanol–water partition coefficient (Wildman–Crippen LogP) is 2.54. The lowest BCUT2D eigenvalue weighted by molar-refractivity contribution is -0.143. The number of hydrogen-bond donors (Lipinski definition) is 0. The fraction of sp³-hybridized carbons (Fsp3) is 0.727. The monoisotopic (exact) mass is 182 g/mol. The number of esters is 1. The van der Waals surface area contributed by atoms with Crippen molar-refractivity contribution in [3.05, 3.63) is 12.2 Å². The number of carbonyl (C=O) groups is 1. The molecule has 0 aliphatic heterocycles. The van der Waals surface area contributed by atoms with E-state index in [1.165, 1.54) is 12.7 Å². The predicted molar refractivity (Wildman–Crippen MR) is 52.3 cm³/mol. The van der Waals surface area contributed by atoms with Gasteiger partial charge in [-0.15, -0.1) is 0 Å². The fourth-order valence-corrected chi connectivity index (χ4v) is 2.02. The third kappa shape index (κ3) is 1.93. The van der Waals surface area contributed by atoms with E-state index in [0.29, 0.717) is 12.3 Å². The first-order chi connectivity index (χ1) is 5.99. The van der Waals surface area contributed by atoms with Gasteiger partial charge in [0.15, 0.2) is 0 Å². The maximum absolute atomic E-state index is 11.2. The molecular weight excluding hydrogens is 164 g/mol. The molecule has 1 saturated carbocycles. The van der Waals surface area contributed by atoms with Crippen molar-refractivity contribution in [1.29, 1.82) is 0 Å². The van der Waals surface area contributed by atoms with Crippen LogP contribution in [0.5, 0.6) is 0 Å². The molecule has 74 valence electrons. The average Bonchev–Trinajstić information content (AvgIpc) is 2.34. The first-order valence-electron chi connectivity index (χ1n) is 4.74. The van der Waals surface area contributed by atoms with Crippen molar-refractivity contribution in [2.75, 3.05) is 7.11 Å². The van der Waals surface area contributed by atoms with Crippen molar-refractivity contribution in [2.24, 2.45) is 11.3 Å². The molecule has 1 fully saturated rings. The molecule has 0 N–H and O–H groups in total. The van der Waals surface area contributed by atoms with E-state index < -0.39 is 0 Å². The van der Waals surface area contributed by atoms with E-state index in [9.17, 15) is 4.79 Å². The van der Waals surface area contributed by atoms with Crippen LogP contribution in [-0.4, -0.2) is 13.1 Å². The summed E-state index contributed by atoms with van der Waals surface area (Å²) in [6.45, 7) is 8.31. The Balaban J connectivity index is 2.66. The van der Waals surface area contributed by atoms with Crippen LogP contribution < -0.4 is 0 Å². The molecule has 0 radical (unpaired) electrons. The van der Waals surface area contributed by atoms with Gasteiger partial charge >= 0.3 is 5.97 Å². The maximum atomic E-state index is 11.2. The topological polar surface area (TPSA) is 26.3 Å². The fourth-order valence-electron chi connectivity index (χ4n) is 2.02. The Morgan fingerprint density at radius 3 is 2.77 bits per heavy atom. The molecule has 2 unspecified atom stereocenters. The second-order valence-corrected chi connectivity index (χ2v) is 4.29. The zero-order chi connectivity index (χ0) is 10.1. The SMILES string of the molecule is C=C1CCC(C)(CC(=O)OC)C1C. The van der Waals surface area contributed by atoms with Crippen LogP contribution >= 0.6 is 0 Å². The van der Waals surface area contributed by atoms with E-state index in [1.807, 2.05) is 0 Å². The minimum Gasteiger partial charge on any atom is -0.469 e. The first kappa shape index (κ1) is 10.3. The molecule has 0 aromatic heterocycles. The molecule has 1 aliphatic rings. The Hall–Kier alpha value is -0.790. The Kier molecular flexibility index (Phi) is 2.79. The quantitative estimate of drug-likeness (QED) is 0.484. The third-order valence-electron chi connectivity index (χ3n) is 3.45. The minimum atomic E-state index is -0.107. The van der Waals surface area contributed by atoms with Gasteiger partial charge < -0.3 is 4.74 Å². The molecule has 2 nitrogen and oxygen atoms in total. The normalized spacial score (nSPS) is 33.5. The molecular formula is C11H18O2. The van der Waals surface area contributed by atoms with Crippen LogP contribution in [0.25, 0.3) is 0 Å². The molecule has 2 atom stereocenters. The molecule has 13 heavy (non-hydrogen) atoms. The summed E-state index contributed by atoms with van der Waals surface area (Å²) in [4.78, 5) is 11.2. The molecule has 0 heterocycles. The Labute approximate surface area is 80.0 Å². The molecule has 2 heteroatoms. The number of allylic oxidation sites excluding steroid dienone is 1. The second-order valence-electron chi connectivity index (χ2n) is 4.29. The van der Waals surface area contributed by atoms with Gasteiger partial charge in [0, 0.05) is 0 Å². The van der Waals surface area contributed by atoms with Crippen LogP contribution in [0.4, 0.5) is 0 Å². The van der Waals surface area contributed by atoms with E-state index >= 15 is 0 Å². The van der Waals surface area contributed by atoms with Crippen LogP contribution in [0.3, 0.4) is 0 Å². The summed E-state index contributed by atoms with van der Waals surface area (Å²) in [5.41, 5.74) is 1.34. The molecule has 0 spiro atoms. The average molecular weight is 182 g/mol. The molecule has 0 saturated heterocycles. The highest BCUT2D eigenvalue weighted by Gasteiger charge is 2.39. The zero-order valence-electron chi connectivity index (χ0n) is 8.72. The van der Waals surface area contributed by atoms with Gasteiger partial charge in [0.25, 0.3) is 0 Å². The smallest absolute Gasteiger partial charge is 0.306 e. The Bertz CT molecular complexity index is 232. The van der Waals surface area contributed by atoms with Gasteiger partial charge in [0.05, 0.1) is 13.5 Å². The highest BCUT2D eigenvalue weighted by molar-refractivity contribution is 5.70. The lowest BCUT2D eigenvalue weighted by Gasteiger charge is -2.27. The van der Waals surface area contributed by atoms with Crippen LogP contribution in [0.2, 0.25) is 0 Å². The second kappa shape index (κ2) is 3.52. The van der Waals surface area contributed by atoms with Crippen LogP contribution in [0.15, 0.2) is 12.2 Å². The zero-order valence-corrected chi connectivity index (χ0v) is 8.72. The highest BCUT2D eigenvalue weighted by atomic mass is 16.5. The Morgan fingerprint density at radius 1 is 1.77 bits per heavy atom. The maximum Gasteiger partial charge on any atom is 0.306 e.